The molecule has 0 aliphatic rings. The molecule has 3 aromatic rings. The van der Waals surface area contributed by atoms with Gasteiger partial charge < -0.3 is 19.3 Å². The van der Waals surface area contributed by atoms with Crippen LogP contribution in [0.3, 0.4) is 0 Å². The Bertz CT molecular complexity index is 811. The van der Waals surface area contributed by atoms with Crippen LogP contribution in [-0.4, -0.2) is 31.3 Å². The number of aromatic nitrogens is 1. The van der Waals surface area contributed by atoms with E-state index >= 15 is 0 Å². The Morgan fingerprint density at radius 2 is 1.88 bits per heavy atom. The zero-order valence-corrected chi connectivity index (χ0v) is 13.3. The van der Waals surface area contributed by atoms with Crippen LogP contribution >= 0.6 is 0 Å². The molecule has 0 radical (unpaired) electrons. The Kier molecular flexibility index (Phi) is 4.96. The molecule has 1 amide bonds. The van der Waals surface area contributed by atoms with Crippen molar-refractivity contribution in [1.82, 2.24) is 10.5 Å². The highest BCUT2D eigenvalue weighted by molar-refractivity contribution is 5.86. The fourth-order valence-corrected chi connectivity index (χ4v) is 2.31. The summed E-state index contributed by atoms with van der Waals surface area (Å²) >= 11 is 0. The van der Waals surface area contributed by atoms with Gasteiger partial charge in [0.2, 0.25) is 5.91 Å². The minimum absolute atomic E-state index is 0.118. The molecule has 1 heterocycles. The van der Waals surface area contributed by atoms with Gasteiger partial charge in [-0.15, -0.1) is 0 Å². The number of fused-ring (bicyclic) bond motifs is 1. The largest absolute Gasteiger partial charge is 0.497 e. The summed E-state index contributed by atoms with van der Waals surface area (Å²) < 4.78 is 15.8. The number of hydrogen-bond donors (Lipinski definition) is 1. The molecule has 6 nitrogen and oxygen atoms in total. The van der Waals surface area contributed by atoms with E-state index < -0.39 is 0 Å². The second-order valence-corrected chi connectivity index (χ2v) is 5.18. The smallest absolute Gasteiger partial charge is 0.226 e. The number of hydrogen-bond acceptors (Lipinski definition) is 5. The van der Waals surface area contributed by atoms with Crippen LogP contribution in [0.1, 0.15) is 5.69 Å². The van der Waals surface area contributed by atoms with E-state index in [1.54, 1.807) is 7.11 Å². The lowest BCUT2D eigenvalue weighted by Gasteiger charge is -2.08. The Balaban J connectivity index is 1.44. The van der Waals surface area contributed by atoms with Crippen molar-refractivity contribution in [2.45, 2.75) is 6.42 Å². The van der Waals surface area contributed by atoms with Crippen LogP contribution < -0.4 is 14.8 Å². The van der Waals surface area contributed by atoms with Gasteiger partial charge in [0.1, 0.15) is 23.8 Å². The van der Waals surface area contributed by atoms with Crippen LogP contribution in [0.25, 0.3) is 11.0 Å². The Morgan fingerprint density at radius 1 is 1.12 bits per heavy atom. The highest BCUT2D eigenvalue weighted by Crippen LogP contribution is 2.18. The first-order valence-corrected chi connectivity index (χ1v) is 7.63. The maximum absolute atomic E-state index is 12.0. The van der Waals surface area contributed by atoms with Gasteiger partial charge in [-0.1, -0.05) is 17.3 Å². The molecule has 0 bridgehead atoms. The number of methoxy groups -OCH3 is 1. The molecule has 6 heteroatoms. The third-order valence-corrected chi connectivity index (χ3v) is 3.53. The second kappa shape index (κ2) is 7.50. The summed E-state index contributed by atoms with van der Waals surface area (Å²) in [4.78, 5) is 12.0. The van der Waals surface area contributed by atoms with Crippen LogP contribution in [0.15, 0.2) is 53.1 Å². The van der Waals surface area contributed by atoms with Gasteiger partial charge in [-0.3, -0.25) is 4.79 Å². The molecule has 3 rings (SSSR count). The van der Waals surface area contributed by atoms with Gasteiger partial charge in [0.15, 0.2) is 5.58 Å². The molecule has 24 heavy (non-hydrogen) atoms. The van der Waals surface area contributed by atoms with E-state index in [0.29, 0.717) is 24.4 Å². The number of nitrogens with zero attached hydrogens (tertiary/aromatic N) is 1. The Morgan fingerprint density at radius 3 is 2.67 bits per heavy atom. The van der Waals surface area contributed by atoms with Gasteiger partial charge in [-0.2, -0.15) is 0 Å². The number of benzene rings is 2. The van der Waals surface area contributed by atoms with E-state index in [0.717, 1.165) is 16.9 Å². The van der Waals surface area contributed by atoms with Gasteiger partial charge in [-0.05, 0) is 36.4 Å². The molecule has 124 valence electrons. The molecule has 0 atom stereocenters. The number of para-hydroxylation sites is 1. The highest BCUT2D eigenvalue weighted by Gasteiger charge is 2.11. The van der Waals surface area contributed by atoms with Crippen molar-refractivity contribution in [3.8, 4) is 11.5 Å². The lowest BCUT2D eigenvalue weighted by atomic mass is 10.2. The maximum Gasteiger partial charge on any atom is 0.226 e. The molecule has 1 N–H and O–H groups in total. The van der Waals surface area contributed by atoms with Gasteiger partial charge >= 0.3 is 0 Å². The number of rotatable bonds is 7. The highest BCUT2D eigenvalue weighted by atomic mass is 16.5. The first-order valence-electron chi connectivity index (χ1n) is 7.63. The number of ether oxygens (including phenoxy) is 2. The zero-order chi connectivity index (χ0) is 16.8. The fraction of sp³-hybridized carbons (Fsp3) is 0.222. The predicted molar refractivity (Wildman–Crippen MR) is 89.2 cm³/mol. The van der Waals surface area contributed by atoms with Gasteiger partial charge in [-0.25, -0.2) is 0 Å². The Labute approximate surface area is 139 Å². The van der Waals surface area contributed by atoms with Crippen LogP contribution in [-0.2, 0) is 11.2 Å². The quantitative estimate of drug-likeness (QED) is 0.676. The second-order valence-electron chi connectivity index (χ2n) is 5.18. The third-order valence-electron chi connectivity index (χ3n) is 3.53. The standard InChI is InChI=1S/C18H18N2O4/c1-22-13-6-8-14(9-7-13)23-11-10-19-18(21)12-16-15-4-2-3-5-17(15)24-20-16/h2-9H,10-12H2,1H3,(H,19,21). The summed E-state index contributed by atoms with van der Waals surface area (Å²) in [6.45, 7) is 0.804. The van der Waals surface area contributed by atoms with E-state index in [1.807, 2.05) is 48.5 Å². The Hall–Kier alpha value is -3.02. The lowest BCUT2D eigenvalue weighted by molar-refractivity contribution is -0.120. The molecule has 1 aromatic heterocycles. The molecule has 0 spiro atoms. The zero-order valence-electron chi connectivity index (χ0n) is 13.3. The van der Waals surface area contributed by atoms with Crippen molar-refractivity contribution in [1.29, 1.82) is 0 Å². The number of carbonyl (C=O) groups is 1. The van der Waals surface area contributed by atoms with E-state index in [-0.39, 0.29) is 12.3 Å². The minimum Gasteiger partial charge on any atom is -0.497 e. The molecular weight excluding hydrogens is 308 g/mol. The van der Waals surface area contributed by atoms with Crippen LogP contribution in [0, 0.1) is 0 Å². The van der Waals surface area contributed by atoms with Gasteiger partial charge in [0, 0.05) is 5.39 Å². The molecule has 0 aliphatic heterocycles. The van der Waals surface area contributed by atoms with Crippen molar-refractivity contribution in [2.75, 3.05) is 20.3 Å². The molecule has 0 unspecified atom stereocenters. The molecule has 0 saturated carbocycles. The maximum atomic E-state index is 12.0. The average molecular weight is 326 g/mol. The predicted octanol–water partition coefficient (Wildman–Crippen LogP) is 2.57. The van der Waals surface area contributed by atoms with E-state index in [1.165, 1.54) is 0 Å². The van der Waals surface area contributed by atoms with Crippen molar-refractivity contribution in [3.05, 3.63) is 54.2 Å². The fourth-order valence-electron chi connectivity index (χ4n) is 2.31. The van der Waals surface area contributed by atoms with Crippen molar-refractivity contribution in [2.24, 2.45) is 0 Å². The number of carbonyl (C=O) groups excluding carboxylic acids is 1. The summed E-state index contributed by atoms with van der Waals surface area (Å²) in [6.07, 6.45) is 0.180. The van der Waals surface area contributed by atoms with Crippen LogP contribution in [0.2, 0.25) is 0 Å². The summed E-state index contributed by atoms with van der Waals surface area (Å²) in [5.74, 6) is 1.38. The summed E-state index contributed by atoms with van der Waals surface area (Å²) in [5, 5.41) is 7.62. The monoisotopic (exact) mass is 326 g/mol. The summed E-state index contributed by atoms with van der Waals surface area (Å²) in [5.41, 5.74) is 1.32. The molecule has 0 fully saturated rings. The topological polar surface area (TPSA) is 73.6 Å². The van der Waals surface area contributed by atoms with Crippen LogP contribution in [0.4, 0.5) is 0 Å². The van der Waals surface area contributed by atoms with Crippen molar-refractivity contribution in [3.63, 3.8) is 0 Å². The SMILES string of the molecule is COc1ccc(OCCNC(=O)Cc2noc3ccccc23)cc1. The molecular formula is C18H18N2O4. The van der Waals surface area contributed by atoms with Crippen molar-refractivity contribution >= 4 is 16.9 Å². The van der Waals surface area contributed by atoms with E-state index in [9.17, 15) is 4.79 Å². The van der Waals surface area contributed by atoms with E-state index in [4.69, 9.17) is 14.0 Å². The van der Waals surface area contributed by atoms with Crippen LogP contribution in [0.5, 0.6) is 11.5 Å². The van der Waals surface area contributed by atoms with Crippen molar-refractivity contribution < 1.29 is 18.8 Å². The normalized spacial score (nSPS) is 10.5. The summed E-state index contributed by atoms with van der Waals surface area (Å²) in [7, 11) is 1.61. The van der Waals surface area contributed by atoms with Gasteiger partial charge in [0.05, 0.1) is 20.1 Å². The van der Waals surface area contributed by atoms with E-state index in [2.05, 4.69) is 10.5 Å². The molecule has 0 aliphatic carbocycles. The molecule has 0 saturated heterocycles. The minimum atomic E-state index is -0.118. The third kappa shape index (κ3) is 3.84. The summed E-state index contributed by atoms with van der Waals surface area (Å²) in [6, 6.07) is 14.8. The number of amides is 1. The first kappa shape index (κ1) is 15.9. The van der Waals surface area contributed by atoms with Gasteiger partial charge in [0.25, 0.3) is 0 Å². The lowest BCUT2D eigenvalue weighted by Crippen LogP contribution is -2.29. The number of nitrogens with one attached hydrogen (secondary N) is 1. The molecule has 2 aromatic carbocycles. The first-order chi connectivity index (χ1) is 11.8. The average Bonchev–Trinajstić information content (AvgIpc) is 3.02.